The van der Waals surface area contributed by atoms with E-state index in [1.807, 2.05) is 0 Å². The Morgan fingerprint density at radius 3 is 2.86 bits per heavy atom. The maximum Gasteiger partial charge on any atom is 0.0948 e. The summed E-state index contributed by atoms with van der Waals surface area (Å²) in [6, 6.07) is 0.588. The summed E-state index contributed by atoms with van der Waals surface area (Å²) in [6.07, 6.45) is 2.06. The van der Waals surface area contributed by atoms with Gasteiger partial charge >= 0.3 is 0 Å². The number of aliphatic hydroxyl groups is 1. The molecule has 2 N–H and O–H groups in total. The average Bonchev–Trinajstić information content (AvgIpc) is 2.52. The molecule has 2 aliphatic heterocycles. The molecule has 0 saturated carbocycles. The van der Waals surface area contributed by atoms with Crippen LogP contribution < -0.4 is 5.32 Å². The highest BCUT2D eigenvalue weighted by molar-refractivity contribution is 4.85. The third-order valence-electron chi connectivity index (χ3n) is 2.99. The van der Waals surface area contributed by atoms with Crippen LogP contribution in [0.2, 0.25) is 0 Å². The molecule has 0 radical (unpaired) electrons. The highest BCUT2D eigenvalue weighted by Gasteiger charge is 2.29. The molecule has 0 aromatic carbocycles. The Morgan fingerprint density at radius 1 is 1.36 bits per heavy atom. The minimum Gasteiger partial charge on any atom is -0.389 e. The van der Waals surface area contributed by atoms with Crippen LogP contribution in [-0.4, -0.2) is 49.2 Å². The molecular weight excluding hydrogens is 182 g/mol. The summed E-state index contributed by atoms with van der Waals surface area (Å²) in [4.78, 5) is 0. The first-order chi connectivity index (χ1) is 6.75. The van der Waals surface area contributed by atoms with E-state index in [-0.39, 0.29) is 12.1 Å². The number of aliphatic hydroxyl groups excluding tert-OH is 1. The van der Waals surface area contributed by atoms with E-state index in [1.54, 1.807) is 0 Å². The van der Waals surface area contributed by atoms with E-state index in [0.29, 0.717) is 25.4 Å². The highest BCUT2D eigenvalue weighted by Crippen LogP contribution is 2.15. The largest absolute Gasteiger partial charge is 0.389 e. The quantitative estimate of drug-likeness (QED) is 0.655. The van der Waals surface area contributed by atoms with Crippen LogP contribution in [0, 0.1) is 0 Å². The highest BCUT2D eigenvalue weighted by atomic mass is 16.5. The van der Waals surface area contributed by atoms with Gasteiger partial charge in [-0.1, -0.05) is 0 Å². The van der Waals surface area contributed by atoms with Crippen LogP contribution in [-0.2, 0) is 9.47 Å². The van der Waals surface area contributed by atoms with Gasteiger partial charge in [-0.05, 0) is 19.8 Å². The molecule has 2 heterocycles. The van der Waals surface area contributed by atoms with Crippen LogP contribution in [0.15, 0.2) is 0 Å². The fraction of sp³-hybridized carbons (Fsp3) is 1.00. The van der Waals surface area contributed by atoms with E-state index in [2.05, 4.69) is 12.2 Å². The fourth-order valence-corrected chi connectivity index (χ4v) is 2.15. The van der Waals surface area contributed by atoms with E-state index in [4.69, 9.17) is 9.47 Å². The lowest BCUT2D eigenvalue weighted by molar-refractivity contribution is 0.00830. The van der Waals surface area contributed by atoms with Gasteiger partial charge in [-0.25, -0.2) is 0 Å². The predicted molar refractivity (Wildman–Crippen MR) is 52.2 cm³/mol. The predicted octanol–water partition coefficient (Wildman–Crippen LogP) is -0.0968. The number of nitrogens with one attached hydrogen (secondary N) is 1. The van der Waals surface area contributed by atoms with Crippen molar-refractivity contribution in [1.82, 2.24) is 5.32 Å². The molecule has 4 atom stereocenters. The lowest BCUT2D eigenvalue weighted by Gasteiger charge is -2.30. The molecule has 2 saturated heterocycles. The SMILES string of the molecule is CC1CC(N[C@@H]2COC[C@H]2O)CCO1. The molecule has 0 amide bonds. The molecule has 2 unspecified atom stereocenters. The zero-order valence-corrected chi connectivity index (χ0v) is 8.61. The lowest BCUT2D eigenvalue weighted by atomic mass is 10.0. The van der Waals surface area contributed by atoms with Crippen LogP contribution >= 0.6 is 0 Å². The molecule has 2 fully saturated rings. The Labute approximate surface area is 84.6 Å². The van der Waals surface area contributed by atoms with Crippen LogP contribution in [0.5, 0.6) is 0 Å². The van der Waals surface area contributed by atoms with Gasteiger partial charge in [-0.2, -0.15) is 0 Å². The first-order valence-electron chi connectivity index (χ1n) is 5.39. The molecular formula is C10H19NO3. The van der Waals surface area contributed by atoms with E-state index >= 15 is 0 Å². The summed E-state index contributed by atoms with van der Waals surface area (Å²) in [5, 5.41) is 13.0. The molecule has 2 aliphatic rings. The second kappa shape index (κ2) is 4.57. The van der Waals surface area contributed by atoms with Crippen LogP contribution in [0.25, 0.3) is 0 Å². The van der Waals surface area contributed by atoms with E-state index in [0.717, 1.165) is 19.4 Å². The number of hydrogen-bond donors (Lipinski definition) is 2. The van der Waals surface area contributed by atoms with Crippen molar-refractivity contribution < 1.29 is 14.6 Å². The van der Waals surface area contributed by atoms with Crippen molar-refractivity contribution in [2.24, 2.45) is 0 Å². The zero-order valence-electron chi connectivity index (χ0n) is 8.61. The van der Waals surface area contributed by atoms with E-state index in [1.165, 1.54) is 0 Å². The van der Waals surface area contributed by atoms with Gasteiger partial charge < -0.3 is 19.9 Å². The van der Waals surface area contributed by atoms with Crippen LogP contribution in [0.3, 0.4) is 0 Å². The topological polar surface area (TPSA) is 50.7 Å². The molecule has 0 aromatic rings. The Kier molecular flexibility index (Phi) is 3.38. The molecule has 0 spiro atoms. The third-order valence-corrected chi connectivity index (χ3v) is 2.99. The molecule has 82 valence electrons. The van der Waals surface area contributed by atoms with Gasteiger partial charge in [0.15, 0.2) is 0 Å². The minimum absolute atomic E-state index is 0.116. The first-order valence-corrected chi connectivity index (χ1v) is 5.39. The van der Waals surface area contributed by atoms with Crippen molar-refractivity contribution in [2.75, 3.05) is 19.8 Å². The van der Waals surface area contributed by atoms with Crippen LogP contribution in [0.4, 0.5) is 0 Å². The minimum atomic E-state index is -0.340. The Hall–Kier alpha value is -0.160. The second-order valence-corrected chi connectivity index (χ2v) is 4.28. The van der Waals surface area contributed by atoms with Crippen LogP contribution in [0.1, 0.15) is 19.8 Å². The van der Waals surface area contributed by atoms with Crippen molar-refractivity contribution >= 4 is 0 Å². The summed E-state index contributed by atoms with van der Waals surface area (Å²) >= 11 is 0. The number of hydrogen-bond acceptors (Lipinski definition) is 4. The van der Waals surface area contributed by atoms with Gasteiger partial charge in [0, 0.05) is 12.6 Å². The molecule has 0 aromatic heterocycles. The summed E-state index contributed by atoms with van der Waals surface area (Å²) in [5.74, 6) is 0. The summed E-state index contributed by atoms with van der Waals surface area (Å²) in [5.41, 5.74) is 0. The number of rotatable bonds is 2. The van der Waals surface area contributed by atoms with Crippen molar-refractivity contribution in [3.8, 4) is 0 Å². The zero-order chi connectivity index (χ0) is 9.97. The van der Waals surface area contributed by atoms with Gasteiger partial charge in [0.1, 0.15) is 0 Å². The lowest BCUT2D eigenvalue weighted by Crippen LogP contribution is -2.48. The van der Waals surface area contributed by atoms with E-state index in [9.17, 15) is 5.11 Å². The average molecular weight is 201 g/mol. The summed E-state index contributed by atoms with van der Waals surface area (Å²) in [7, 11) is 0. The summed E-state index contributed by atoms with van der Waals surface area (Å²) in [6.45, 7) is 4.02. The standard InChI is InChI=1S/C10H19NO3/c1-7-4-8(2-3-14-7)11-9-5-13-6-10(9)12/h7-12H,2-6H2,1H3/t7?,8?,9-,10-/m1/s1. The van der Waals surface area contributed by atoms with Gasteiger partial charge in [0.05, 0.1) is 31.5 Å². The maximum atomic E-state index is 9.57. The Balaban J connectivity index is 1.78. The van der Waals surface area contributed by atoms with E-state index < -0.39 is 0 Å². The van der Waals surface area contributed by atoms with Gasteiger partial charge in [-0.15, -0.1) is 0 Å². The van der Waals surface area contributed by atoms with Crippen molar-refractivity contribution in [2.45, 2.75) is 44.1 Å². The third kappa shape index (κ3) is 2.45. The smallest absolute Gasteiger partial charge is 0.0948 e. The van der Waals surface area contributed by atoms with Gasteiger partial charge in [0.25, 0.3) is 0 Å². The molecule has 4 heteroatoms. The second-order valence-electron chi connectivity index (χ2n) is 4.28. The van der Waals surface area contributed by atoms with Gasteiger partial charge in [-0.3, -0.25) is 0 Å². The Morgan fingerprint density at radius 2 is 2.21 bits per heavy atom. The molecule has 2 rings (SSSR count). The number of ether oxygens (including phenoxy) is 2. The van der Waals surface area contributed by atoms with Gasteiger partial charge in [0.2, 0.25) is 0 Å². The van der Waals surface area contributed by atoms with Crippen molar-refractivity contribution in [3.63, 3.8) is 0 Å². The summed E-state index contributed by atoms with van der Waals surface area (Å²) < 4.78 is 10.7. The molecule has 14 heavy (non-hydrogen) atoms. The molecule has 0 aliphatic carbocycles. The first kappa shape index (κ1) is 10.4. The van der Waals surface area contributed by atoms with Crippen molar-refractivity contribution in [3.05, 3.63) is 0 Å². The molecule has 0 bridgehead atoms. The molecule has 4 nitrogen and oxygen atoms in total. The van der Waals surface area contributed by atoms with Crippen molar-refractivity contribution in [1.29, 1.82) is 0 Å². The fourth-order valence-electron chi connectivity index (χ4n) is 2.15. The Bertz CT molecular complexity index is 188. The normalized spacial score (nSPS) is 44.1. The monoisotopic (exact) mass is 201 g/mol. The maximum absolute atomic E-state index is 9.57.